The Kier molecular flexibility index (Phi) is 5.58. The molecule has 0 aromatic rings. The highest BCUT2D eigenvalue weighted by atomic mass is 16.4. The second-order valence-corrected chi connectivity index (χ2v) is 6.56. The third-order valence-corrected chi connectivity index (χ3v) is 4.78. The highest BCUT2D eigenvalue weighted by molar-refractivity contribution is 5.85. The van der Waals surface area contributed by atoms with Gasteiger partial charge in [0, 0.05) is 39.3 Å². The molecule has 1 heterocycles. The number of nitrogens with one attached hydrogen (secondary N) is 1. The first-order valence-corrected chi connectivity index (χ1v) is 7.88. The quantitative estimate of drug-likeness (QED) is 0.753. The van der Waals surface area contributed by atoms with Crippen LogP contribution in [0.2, 0.25) is 0 Å². The van der Waals surface area contributed by atoms with E-state index in [1.54, 1.807) is 0 Å². The molecule has 2 N–H and O–H groups in total. The van der Waals surface area contributed by atoms with Gasteiger partial charge in [0.1, 0.15) is 0 Å². The summed E-state index contributed by atoms with van der Waals surface area (Å²) in [5, 5.41) is 12.1. The molecule has 1 aliphatic heterocycles. The van der Waals surface area contributed by atoms with Crippen LogP contribution in [-0.4, -0.2) is 73.1 Å². The summed E-state index contributed by atoms with van der Waals surface area (Å²) in [6, 6.07) is 0. The average Bonchev–Trinajstić information content (AvgIpc) is 2.83. The van der Waals surface area contributed by atoms with E-state index in [0.717, 1.165) is 32.7 Å². The predicted octanol–water partition coefficient (Wildman–Crippen LogP) is 0.0969. The number of carboxylic acid groups (broad SMARTS) is 1. The molecule has 0 aromatic carbocycles. The van der Waals surface area contributed by atoms with Crippen LogP contribution in [0.15, 0.2) is 0 Å². The van der Waals surface area contributed by atoms with Crippen LogP contribution in [-0.2, 0) is 9.59 Å². The summed E-state index contributed by atoms with van der Waals surface area (Å²) in [6.07, 6.45) is 1.31. The maximum Gasteiger partial charge on any atom is 0.307 e. The van der Waals surface area contributed by atoms with Gasteiger partial charge in [-0.15, -0.1) is 0 Å². The van der Waals surface area contributed by atoms with Gasteiger partial charge in [-0.3, -0.25) is 14.5 Å². The zero-order chi connectivity index (χ0) is 15.4. The molecule has 2 rings (SSSR count). The van der Waals surface area contributed by atoms with Gasteiger partial charge in [0.2, 0.25) is 5.91 Å². The number of carbonyl (C=O) groups excluding carboxylic acids is 1. The van der Waals surface area contributed by atoms with E-state index in [2.05, 4.69) is 22.2 Å². The molecular weight excluding hydrogens is 270 g/mol. The Balaban J connectivity index is 1.73. The number of amides is 1. The molecule has 2 fully saturated rings. The SMILES string of the molecule is CC1C[C@H](C(=O)NCCN2CCN(C)CC2)[C@H](C(=O)O)C1. The Labute approximate surface area is 126 Å². The molecule has 0 bridgehead atoms. The molecule has 2 aliphatic rings. The van der Waals surface area contributed by atoms with Crippen molar-refractivity contribution in [2.75, 3.05) is 46.3 Å². The van der Waals surface area contributed by atoms with Gasteiger partial charge in [-0.2, -0.15) is 0 Å². The maximum atomic E-state index is 12.2. The van der Waals surface area contributed by atoms with E-state index < -0.39 is 11.9 Å². The van der Waals surface area contributed by atoms with E-state index in [1.165, 1.54) is 0 Å². The minimum absolute atomic E-state index is 0.0825. The summed E-state index contributed by atoms with van der Waals surface area (Å²) in [5.74, 6) is -1.47. The van der Waals surface area contributed by atoms with Gasteiger partial charge in [-0.1, -0.05) is 6.92 Å². The highest BCUT2D eigenvalue weighted by Gasteiger charge is 2.40. The fraction of sp³-hybridized carbons (Fsp3) is 0.867. The third kappa shape index (κ3) is 4.41. The largest absolute Gasteiger partial charge is 0.481 e. The van der Waals surface area contributed by atoms with Crippen molar-refractivity contribution in [2.45, 2.75) is 19.8 Å². The van der Waals surface area contributed by atoms with Crippen LogP contribution in [0.4, 0.5) is 0 Å². The number of hydrogen-bond acceptors (Lipinski definition) is 4. The van der Waals surface area contributed by atoms with Gasteiger partial charge in [-0.25, -0.2) is 0 Å². The predicted molar refractivity (Wildman–Crippen MR) is 80.0 cm³/mol. The molecule has 120 valence electrons. The van der Waals surface area contributed by atoms with Crippen molar-refractivity contribution in [3.8, 4) is 0 Å². The first kappa shape index (κ1) is 16.2. The van der Waals surface area contributed by atoms with Gasteiger partial charge in [0.05, 0.1) is 11.8 Å². The third-order valence-electron chi connectivity index (χ3n) is 4.78. The Morgan fingerprint density at radius 1 is 1.14 bits per heavy atom. The van der Waals surface area contributed by atoms with E-state index in [1.807, 2.05) is 6.92 Å². The van der Waals surface area contributed by atoms with Crippen molar-refractivity contribution in [3.63, 3.8) is 0 Å². The van der Waals surface area contributed by atoms with E-state index in [9.17, 15) is 14.7 Å². The van der Waals surface area contributed by atoms with Crippen molar-refractivity contribution in [1.82, 2.24) is 15.1 Å². The highest BCUT2D eigenvalue weighted by Crippen LogP contribution is 2.36. The Hall–Kier alpha value is -1.14. The number of carboxylic acids is 1. The molecule has 0 radical (unpaired) electrons. The van der Waals surface area contributed by atoms with E-state index >= 15 is 0 Å². The summed E-state index contributed by atoms with van der Waals surface area (Å²) >= 11 is 0. The van der Waals surface area contributed by atoms with Crippen LogP contribution in [0.25, 0.3) is 0 Å². The molecule has 1 amide bonds. The smallest absolute Gasteiger partial charge is 0.307 e. The maximum absolute atomic E-state index is 12.2. The molecule has 6 nitrogen and oxygen atoms in total. The fourth-order valence-corrected chi connectivity index (χ4v) is 3.39. The summed E-state index contributed by atoms with van der Waals surface area (Å²) in [6.45, 7) is 7.67. The number of hydrogen-bond donors (Lipinski definition) is 2. The molecule has 1 saturated carbocycles. The lowest BCUT2D eigenvalue weighted by Gasteiger charge is -2.32. The number of piperazine rings is 1. The zero-order valence-electron chi connectivity index (χ0n) is 13.0. The summed E-state index contributed by atoms with van der Waals surface area (Å²) in [7, 11) is 2.12. The second-order valence-electron chi connectivity index (χ2n) is 6.56. The van der Waals surface area contributed by atoms with Crippen molar-refractivity contribution < 1.29 is 14.7 Å². The number of likely N-dealkylation sites (N-methyl/N-ethyl adjacent to an activating group) is 1. The molecule has 21 heavy (non-hydrogen) atoms. The van der Waals surface area contributed by atoms with Crippen LogP contribution >= 0.6 is 0 Å². The van der Waals surface area contributed by atoms with Crippen LogP contribution in [0.5, 0.6) is 0 Å². The zero-order valence-corrected chi connectivity index (χ0v) is 13.0. The Bertz CT molecular complexity index is 380. The molecule has 1 saturated heterocycles. The van der Waals surface area contributed by atoms with Crippen molar-refractivity contribution in [2.24, 2.45) is 17.8 Å². The minimum atomic E-state index is -0.835. The Morgan fingerprint density at radius 2 is 1.76 bits per heavy atom. The first-order chi connectivity index (χ1) is 9.97. The van der Waals surface area contributed by atoms with Crippen LogP contribution in [0.1, 0.15) is 19.8 Å². The summed E-state index contributed by atoms with van der Waals surface area (Å²) < 4.78 is 0. The molecule has 1 unspecified atom stereocenters. The lowest BCUT2D eigenvalue weighted by atomic mass is 9.95. The molecular formula is C15H27N3O3. The fourth-order valence-electron chi connectivity index (χ4n) is 3.39. The standard InChI is InChI=1S/C15H27N3O3/c1-11-9-12(13(10-11)15(20)21)14(19)16-3-4-18-7-5-17(2)6-8-18/h11-13H,3-10H2,1-2H3,(H,16,19)(H,20,21)/t11?,12-,13+/m0/s1. The number of nitrogens with zero attached hydrogens (tertiary/aromatic N) is 2. The molecule has 1 aliphatic carbocycles. The summed E-state index contributed by atoms with van der Waals surface area (Å²) in [5.41, 5.74) is 0. The van der Waals surface area contributed by atoms with E-state index in [4.69, 9.17) is 0 Å². The Morgan fingerprint density at radius 3 is 2.38 bits per heavy atom. The minimum Gasteiger partial charge on any atom is -0.481 e. The monoisotopic (exact) mass is 297 g/mol. The van der Waals surface area contributed by atoms with Crippen LogP contribution < -0.4 is 5.32 Å². The number of carbonyl (C=O) groups is 2. The topological polar surface area (TPSA) is 72.9 Å². The lowest BCUT2D eigenvalue weighted by Crippen LogP contribution is -2.47. The van der Waals surface area contributed by atoms with E-state index in [0.29, 0.717) is 25.3 Å². The molecule has 3 atom stereocenters. The lowest BCUT2D eigenvalue weighted by molar-refractivity contribution is -0.146. The van der Waals surface area contributed by atoms with Gasteiger partial charge >= 0.3 is 5.97 Å². The van der Waals surface area contributed by atoms with Crippen molar-refractivity contribution in [3.05, 3.63) is 0 Å². The van der Waals surface area contributed by atoms with Gasteiger partial charge < -0.3 is 15.3 Å². The van der Waals surface area contributed by atoms with Crippen LogP contribution in [0, 0.1) is 17.8 Å². The normalized spacial score (nSPS) is 31.2. The van der Waals surface area contributed by atoms with Crippen molar-refractivity contribution in [1.29, 1.82) is 0 Å². The second kappa shape index (κ2) is 7.22. The molecule has 0 spiro atoms. The summed E-state index contributed by atoms with van der Waals surface area (Å²) in [4.78, 5) is 28.1. The number of rotatable bonds is 5. The first-order valence-electron chi connectivity index (χ1n) is 7.88. The van der Waals surface area contributed by atoms with E-state index in [-0.39, 0.29) is 11.8 Å². The molecule has 6 heteroatoms. The van der Waals surface area contributed by atoms with Crippen LogP contribution in [0.3, 0.4) is 0 Å². The van der Waals surface area contributed by atoms with Gasteiger partial charge in [-0.05, 0) is 25.8 Å². The molecule has 0 aromatic heterocycles. The van der Waals surface area contributed by atoms with Gasteiger partial charge in [0.25, 0.3) is 0 Å². The van der Waals surface area contributed by atoms with Gasteiger partial charge in [0.15, 0.2) is 0 Å². The van der Waals surface area contributed by atoms with Crippen molar-refractivity contribution >= 4 is 11.9 Å². The average molecular weight is 297 g/mol. The number of aliphatic carboxylic acids is 1.